The second-order valence-electron chi connectivity index (χ2n) is 7.26. The summed E-state index contributed by atoms with van der Waals surface area (Å²) in [5.74, 6) is 1.53. The first-order valence-electron chi connectivity index (χ1n) is 8.94. The third-order valence-corrected chi connectivity index (χ3v) is 4.75. The molecule has 1 fully saturated rings. The molecule has 0 N–H and O–H groups in total. The van der Waals surface area contributed by atoms with Gasteiger partial charge in [-0.3, -0.25) is 0 Å². The molecule has 0 aromatic carbocycles. The molecule has 27 heavy (non-hydrogen) atoms. The molecule has 0 saturated carbocycles. The number of piperidine rings is 1. The summed E-state index contributed by atoms with van der Waals surface area (Å²) in [6, 6.07) is 1.24. The van der Waals surface area contributed by atoms with E-state index in [1.807, 2.05) is 9.47 Å². The van der Waals surface area contributed by atoms with E-state index in [2.05, 4.69) is 34.0 Å². The molecule has 0 aliphatic carbocycles. The van der Waals surface area contributed by atoms with Gasteiger partial charge in [0.25, 0.3) is 0 Å². The fourth-order valence-electron chi connectivity index (χ4n) is 3.22. The van der Waals surface area contributed by atoms with Crippen molar-refractivity contribution in [3.05, 3.63) is 23.9 Å². The largest absolute Gasteiger partial charge is 0.433 e. The van der Waals surface area contributed by atoms with Gasteiger partial charge in [-0.25, -0.2) is 4.98 Å². The molecule has 1 aliphatic heterocycles. The van der Waals surface area contributed by atoms with E-state index in [1.54, 1.807) is 25.3 Å². The summed E-state index contributed by atoms with van der Waals surface area (Å²) < 4.78 is 41.7. The van der Waals surface area contributed by atoms with Gasteiger partial charge < -0.3 is 14.4 Å². The molecule has 2 aromatic heterocycles. The van der Waals surface area contributed by atoms with Crippen molar-refractivity contribution >= 4 is 11.8 Å². The number of nitrogens with zero attached hydrogens (tertiary/aromatic N) is 7. The van der Waals surface area contributed by atoms with Crippen LogP contribution in [0.2, 0.25) is 0 Å². The van der Waals surface area contributed by atoms with Crippen LogP contribution < -0.4 is 9.80 Å². The first-order valence-corrected chi connectivity index (χ1v) is 8.94. The monoisotopic (exact) mass is 383 g/mol. The normalized spacial score (nSPS) is 16.2. The lowest BCUT2D eigenvalue weighted by atomic mass is 9.96. The molecule has 2 aromatic rings. The Bertz CT molecular complexity index is 777. The van der Waals surface area contributed by atoms with E-state index in [0.717, 1.165) is 24.7 Å². The average Bonchev–Trinajstić information content (AvgIpc) is 3.11. The van der Waals surface area contributed by atoms with Crippen LogP contribution in [-0.2, 0) is 6.18 Å². The van der Waals surface area contributed by atoms with Crippen molar-refractivity contribution < 1.29 is 13.2 Å². The van der Waals surface area contributed by atoms with Gasteiger partial charge in [-0.15, -0.1) is 10.2 Å². The Labute approximate surface area is 156 Å². The van der Waals surface area contributed by atoms with Crippen LogP contribution in [0.1, 0.15) is 50.2 Å². The van der Waals surface area contributed by atoms with Crippen LogP contribution in [0.15, 0.2) is 12.4 Å². The van der Waals surface area contributed by atoms with E-state index < -0.39 is 11.9 Å². The van der Waals surface area contributed by atoms with E-state index >= 15 is 0 Å². The number of halogens is 3. The molecular formula is C17H24F3N7. The molecule has 0 bridgehead atoms. The van der Waals surface area contributed by atoms with Crippen LogP contribution in [0.25, 0.3) is 0 Å². The highest BCUT2D eigenvalue weighted by molar-refractivity contribution is 5.46. The maximum atomic E-state index is 13.2. The van der Waals surface area contributed by atoms with Crippen LogP contribution >= 0.6 is 0 Å². The minimum Gasteiger partial charge on any atom is -0.363 e. The zero-order chi connectivity index (χ0) is 19.8. The Kier molecular flexibility index (Phi) is 5.25. The van der Waals surface area contributed by atoms with E-state index in [9.17, 15) is 13.2 Å². The maximum absolute atomic E-state index is 13.2. The summed E-state index contributed by atoms with van der Waals surface area (Å²) in [5.41, 5.74) is -0.919. The zero-order valence-electron chi connectivity index (χ0n) is 15.9. The molecule has 3 heterocycles. The van der Waals surface area contributed by atoms with Crippen molar-refractivity contribution in [2.75, 3.05) is 37.0 Å². The molecule has 1 saturated heterocycles. The summed E-state index contributed by atoms with van der Waals surface area (Å²) in [6.07, 6.45) is -1.25. The van der Waals surface area contributed by atoms with Gasteiger partial charge in [0.2, 0.25) is 5.95 Å². The highest BCUT2D eigenvalue weighted by atomic mass is 19.4. The molecule has 3 rings (SSSR count). The summed E-state index contributed by atoms with van der Waals surface area (Å²) in [4.78, 5) is 11.5. The van der Waals surface area contributed by atoms with Gasteiger partial charge >= 0.3 is 6.18 Å². The van der Waals surface area contributed by atoms with Gasteiger partial charge in [0, 0.05) is 45.2 Å². The Morgan fingerprint density at radius 3 is 2.37 bits per heavy atom. The van der Waals surface area contributed by atoms with Crippen LogP contribution in [0, 0.1) is 0 Å². The SMILES string of the molecule is CC(C)n1cnnc1C1CCN(c2nc(N(C)C)cc(C(F)(F)F)n2)CC1. The van der Waals surface area contributed by atoms with Crippen molar-refractivity contribution in [1.82, 2.24) is 24.7 Å². The topological polar surface area (TPSA) is 63.0 Å². The van der Waals surface area contributed by atoms with Crippen molar-refractivity contribution in [3.8, 4) is 0 Å². The van der Waals surface area contributed by atoms with Crippen molar-refractivity contribution in [2.24, 2.45) is 0 Å². The van der Waals surface area contributed by atoms with Gasteiger partial charge in [-0.1, -0.05) is 0 Å². The molecule has 0 unspecified atom stereocenters. The molecular weight excluding hydrogens is 359 g/mol. The maximum Gasteiger partial charge on any atom is 0.433 e. The van der Waals surface area contributed by atoms with Gasteiger partial charge in [-0.2, -0.15) is 18.2 Å². The minimum atomic E-state index is -4.51. The zero-order valence-corrected chi connectivity index (χ0v) is 15.9. The summed E-state index contributed by atoms with van der Waals surface area (Å²) in [7, 11) is 3.33. The molecule has 0 spiro atoms. The molecule has 0 amide bonds. The lowest BCUT2D eigenvalue weighted by Crippen LogP contribution is -2.35. The number of anilines is 2. The van der Waals surface area contributed by atoms with E-state index in [4.69, 9.17) is 0 Å². The number of hydrogen-bond acceptors (Lipinski definition) is 6. The van der Waals surface area contributed by atoms with Crippen LogP contribution in [0.3, 0.4) is 0 Å². The van der Waals surface area contributed by atoms with Gasteiger partial charge in [-0.05, 0) is 26.7 Å². The van der Waals surface area contributed by atoms with E-state index in [-0.39, 0.29) is 23.7 Å². The lowest BCUT2D eigenvalue weighted by molar-refractivity contribution is -0.141. The number of alkyl halides is 3. The average molecular weight is 383 g/mol. The number of hydrogen-bond donors (Lipinski definition) is 0. The van der Waals surface area contributed by atoms with E-state index in [1.165, 1.54) is 0 Å². The summed E-state index contributed by atoms with van der Waals surface area (Å²) in [5, 5.41) is 8.26. The predicted octanol–water partition coefficient (Wildman–Crippen LogP) is 3.12. The third kappa shape index (κ3) is 4.14. The Morgan fingerprint density at radius 1 is 1.15 bits per heavy atom. The Morgan fingerprint density at radius 2 is 1.81 bits per heavy atom. The molecule has 7 nitrogen and oxygen atoms in total. The lowest BCUT2D eigenvalue weighted by Gasteiger charge is -2.32. The first kappa shape index (κ1) is 19.4. The molecule has 0 radical (unpaired) electrons. The van der Waals surface area contributed by atoms with Crippen LogP contribution in [0.4, 0.5) is 24.9 Å². The summed E-state index contributed by atoms with van der Waals surface area (Å²) >= 11 is 0. The molecule has 1 aliphatic rings. The van der Waals surface area contributed by atoms with Crippen molar-refractivity contribution in [2.45, 2.75) is 44.8 Å². The summed E-state index contributed by atoms with van der Waals surface area (Å²) in [6.45, 7) is 5.29. The Hall–Kier alpha value is -2.39. The minimum absolute atomic E-state index is 0.123. The standard InChI is InChI=1S/C17H24F3N7/c1-11(2)27-10-21-24-15(27)12-5-7-26(8-6-12)16-22-13(17(18,19)20)9-14(23-16)25(3)4/h9-12H,5-8H2,1-4H3. The van der Waals surface area contributed by atoms with Crippen molar-refractivity contribution in [1.29, 1.82) is 0 Å². The second kappa shape index (κ2) is 7.32. The van der Waals surface area contributed by atoms with Gasteiger partial charge in [0.15, 0.2) is 5.69 Å². The fraction of sp³-hybridized carbons (Fsp3) is 0.647. The molecule has 10 heteroatoms. The van der Waals surface area contributed by atoms with E-state index in [0.29, 0.717) is 13.1 Å². The predicted molar refractivity (Wildman–Crippen MR) is 96.0 cm³/mol. The quantitative estimate of drug-likeness (QED) is 0.808. The highest BCUT2D eigenvalue weighted by Crippen LogP contribution is 2.33. The fourth-order valence-corrected chi connectivity index (χ4v) is 3.22. The van der Waals surface area contributed by atoms with Crippen LogP contribution in [-0.4, -0.2) is 51.9 Å². The molecule has 0 atom stereocenters. The Balaban J connectivity index is 1.79. The first-order chi connectivity index (χ1) is 12.7. The molecule has 148 valence electrons. The van der Waals surface area contributed by atoms with Gasteiger partial charge in [0.1, 0.15) is 18.0 Å². The number of aromatic nitrogens is 5. The van der Waals surface area contributed by atoms with Crippen molar-refractivity contribution in [3.63, 3.8) is 0 Å². The highest BCUT2D eigenvalue weighted by Gasteiger charge is 2.35. The van der Waals surface area contributed by atoms with Gasteiger partial charge in [0.05, 0.1) is 0 Å². The van der Waals surface area contributed by atoms with Crippen LogP contribution in [0.5, 0.6) is 0 Å². The second-order valence-corrected chi connectivity index (χ2v) is 7.26. The number of rotatable bonds is 4. The third-order valence-electron chi connectivity index (χ3n) is 4.75. The smallest absolute Gasteiger partial charge is 0.363 e.